The number of pyridine rings is 1. The Labute approximate surface area is 103 Å². The lowest BCUT2D eigenvalue weighted by Crippen LogP contribution is -2.34. The van der Waals surface area contributed by atoms with Crippen LogP contribution in [0.25, 0.3) is 10.9 Å². The standard InChI is InChI=1S/C15H20N2/c1-10-5-6-17-14-11(2)7-12(8-13(10)14)9-15(3,4)16/h5-8H,9,16H2,1-4H3. The molecule has 0 saturated carbocycles. The predicted octanol–water partition coefficient (Wildman–Crippen LogP) is 3.13. The number of rotatable bonds is 2. The molecule has 0 saturated heterocycles. The van der Waals surface area contributed by atoms with Gasteiger partial charge in [-0.2, -0.15) is 0 Å². The van der Waals surface area contributed by atoms with Gasteiger partial charge in [0.1, 0.15) is 0 Å². The van der Waals surface area contributed by atoms with Crippen LogP contribution in [0.5, 0.6) is 0 Å². The van der Waals surface area contributed by atoms with Gasteiger partial charge in [-0.15, -0.1) is 0 Å². The van der Waals surface area contributed by atoms with Crippen LogP contribution >= 0.6 is 0 Å². The fourth-order valence-electron chi connectivity index (χ4n) is 2.27. The molecule has 2 N–H and O–H groups in total. The molecule has 0 unspecified atom stereocenters. The first kappa shape index (κ1) is 12.1. The fourth-order valence-corrected chi connectivity index (χ4v) is 2.27. The van der Waals surface area contributed by atoms with Crippen LogP contribution in [0.2, 0.25) is 0 Å². The number of aryl methyl sites for hydroxylation is 2. The number of nitrogens with two attached hydrogens (primary N) is 1. The fraction of sp³-hybridized carbons (Fsp3) is 0.400. The summed E-state index contributed by atoms with van der Waals surface area (Å²) >= 11 is 0. The molecule has 0 fully saturated rings. The summed E-state index contributed by atoms with van der Waals surface area (Å²) in [6.45, 7) is 8.36. The summed E-state index contributed by atoms with van der Waals surface area (Å²) in [6, 6.07) is 6.47. The Balaban J connectivity index is 2.58. The van der Waals surface area contributed by atoms with Crippen molar-refractivity contribution in [2.24, 2.45) is 5.73 Å². The average molecular weight is 228 g/mol. The molecule has 1 aromatic carbocycles. The van der Waals surface area contributed by atoms with Crippen molar-refractivity contribution in [3.05, 3.63) is 41.1 Å². The van der Waals surface area contributed by atoms with E-state index < -0.39 is 0 Å². The number of hydrogen-bond acceptors (Lipinski definition) is 2. The topological polar surface area (TPSA) is 38.9 Å². The van der Waals surface area contributed by atoms with E-state index in [9.17, 15) is 0 Å². The number of fused-ring (bicyclic) bond motifs is 1. The van der Waals surface area contributed by atoms with Gasteiger partial charge in [-0.05, 0) is 62.9 Å². The van der Waals surface area contributed by atoms with E-state index in [1.165, 1.54) is 22.1 Å². The van der Waals surface area contributed by atoms with Crippen molar-refractivity contribution in [3.63, 3.8) is 0 Å². The third-order valence-corrected chi connectivity index (χ3v) is 2.97. The van der Waals surface area contributed by atoms with Crippen molar-refractivity contribution in [2.45, 2.75) is 39.7 Å². The summed E-state index contributed by atoms with van der Waals surface area (Å²) in [5.41, 5.74) is 10.8. The lowest BCUT2D eigenvalue weighted by Gasteiger charge is -2.19. The molecule has 17 heavy (non-hydrogen) atoms. The van der Waals surface area contributed by atoms with E-state index in [-0.39, 0.29) is 5.54 Å². The summed E-state index contributed by atoms with van der Waals surface area (Å²) in [4.78, 5) is 4.45. The maximum Gasteiger partial charge on any atom is 0.0733 e. The third-order valence-electron chi connectivity index (χ3n) is 2.97. The SMILES string of the molecule is Cc1ccnc2c(C)cc(CC(C)(C)N)cc12. The zero-order valence-corrected chi connectivity index (χ0v) is 11.0. The van der Waals surface area contributed by atoms with Crippen LogP contribution < -0.4 is 5.73 Å². The lowest BCUT2D eigenvalue weighted by molar-refractivity contribution is 0.517. The Morgan fingerprint density at radius 1 is 1.18 bits per heavy atom. The molecule has 0 atom stereocenters. The Kier molecular flexibility index (Phi) is 2.92. The molecule has 2 heteroatoms. The molecule has 90 valence electrons. The highest BCUT2D eigenvalue weighted by Gasteiger charge is 2.13. The molecule has 0 aliphatic rings. The minimum atomic E-state index is -0.170. The number of aromatic nitrogens is 1. The molecular formula is C15H20N2. The average Bonchev–Trinajstić information content (AvgIpc) is 2.17. The largest absolute Gasteiger partial charge is 0.325 e. The Hall–Kier alpha value is -1.41. The van der Waals surface area contributed by atoms with Crippen molar-refractivity contribution in [1.29, 1.82) is 0 Å². The highest BCUT2D eigenvalue weighted by atomic mass is 14.7. The quantitative estimate of drug-likeness (QED) is 0.857. The summed E-state index contributed by atoms with van der Waals surface area (Å²) in [6.07, 6.45) is 2.76. The highest BCUT2D eigenvalue weighted by Crippen LogP contribution is 2.23. The number of nitrogens with zero attached hydrogens (tertiary/aromatic N) is 1. The van der Waals surface area contributed by atoms with Gasteiger partial charge in [0, 0.05) is 17.1 Å². The van der Waals surface area contributed by atoms with Gasteiger partial charge in [-0.1, -0.05) is 6.07 Å². The van der Waals surface area contributed by atoms with Crippen molar-refractivity contribution < 1.29 is 0 Å². The van der Waals surface area contributed by atoms with Crippen molar-refractivity contribution in [2.75, 3.05) is 0 Å². The smallest absolute Gasteiger partial charge is 0.0733 e. The summed E-state index contributed by atoms with van der Waals surface area (Å²) in [5, 5.41) is 1.24. The zero-order valence-electron chi connectivity index (χ0n) is 11.0. The molecule has 0 radical (unpaired) electrons. The summed E-state index contributed by atoms with van der Waals surface area (Å²) < 4.78 is 0. The minimum absolute atomic E-state index is 0.170. The third kappa shape index (κ3) is 2.64. The number of hydrogen-bond donors (Lipinski definition) is 1. The van der Waals surface area contributed by atoms with Crippen LogP contribution in [0.1, 0.15) is 30.5 Å². The molecule has 1 heterocycles. The minimum Gasteiger partial charge on any atom is -0.325 e. The molecule has 1 aromatic heterocycles. The second-order valence-electron chi connectivity index (χ2n) is 5.60. The van der Waals surface area contributed by atoms with Crippen LogP contribution in [0.3, 0.4) is 0 Å². The van der Waals surface area contributed by atoms with Gasteiger partial charge in [0.2, 0.25) is 0 Å². The first-order chi connectivity index (χ1) is 7.87. The molecule has 0 aliphatic heterocycles. The van der Waals surface area contributed by atoms with E-state index in [4.69, 9.17) is 5.73 Å². The van der Waals surface area contributed by atoms with Crippen LogP contribution in [-0.2, 0) is 6.42 Å². The maximum absolute atomic E-state index is 6.08. The van der Waals surface area contributed by atoms with Gasteiger partial charge in [0.15, 0.2) is 0 Å². The first-order valence-electron chi connectivity index (χ1n) is 6.00. The summed E-state index contributed by atoms with van der Waals surface area (Å²) in [7, 11) is 0. The molecule has 0 aliphatic carbocycles. The van der Waals surface area contributed by atoms with Gasteiger partial charge in [0.25, 0.3) is 0 Å². The van der Waals surface area contributed by atoms with Gasteiger partial charge in [-0.3, -0.25) is 4.98 Å². The van der Waals surface area contributed by atoms with E-state index in [2.05, 4.69) is 50.9 Å². The van der Waals surface area contributed by atoms with Gasteiger partial charge >= 0.3 is 0 Å². The van der Waals surface area contributed by atoms with Crippen molar-refractivity contribution in [1.82, 2.24) is 4.98 Å². The van der Waals surface area contributed by atoms with Crippen LogP contribution in [0, 0.1) is 13.8 Å². The van der Waals surface area contributed by atoms with E-state index in [1.807, 2.05) is 6.20 Å². The number of benzene rings is 1. The van der Waals surface area contributed by atoms with E-state index in [0.717, 1.165) is 11.9 Å². The zero-order chi connectivity index (χ0) is 12.6. The Bertz CT molecular complexity index is 551. The molecule has 2 nitrogen and oxygen atoms in total. The van der Waals surface area contributed by atoms with Crippen molar-refractivity contribution >= 4 is 10.9 Å². The van der Waals surface area contributed by atoms with Gasteiger partial charge in [-0.25, -0.2) is 0 Å². The van der Waals surface area contributed by atoms with E-state index in [1.54, 1.807) is 0 Å². The molecule has 0 bridgehead atoms. The molecular weight excluding hydrogens is 208 g/mol. The normalized spacial score (nSPS) is 12.1. The predicted molar refractivity (Wildman–Crippen MR) is 73.2 cm³/mol. The van der Waals surface area contributed by atoms with Crippen molar-refractivity contribution in [3.8, 4) is 0 Å². The monoisotopic (exact) mass is 228 g/mol. The second-order valence-corrected chi connectivity index (χ2v) is 5.60. The lowest BCUT2D eigenvalue weighted by atomic mass is 9.93. The molecule has 0 amide bonds. The Morgan fingerprint density at radius 3 is 2.53 bits per heavy atom. The van der Waals surface area contributed by atoms with E-state index in [0.29, 0.717) is 0 Å². The van der Waals surface area contributed by atoms with Gasteiger partial charge in [0.05, 0.1) is 5.52 Å². The summed E-state index contributed by atoms with van der Waals surface area (Å²) in [5.74, 6) is 0. The molecule has 2 rings (SSSR count). The maximum atomic E-state index is 6.08. The highest BCUT2D eigenvalue weighted by molar-refractivity contribution is 5.85. The first-order valence-corrected chi connectivity index (χ1v) is 6.00. The second kappa shape index (κ2) is 4.11. The van der Waals surface area contributed by atoms with Gasteiger partial charge < -0.3 is 5.73 Å². The van der Waals surface area contributed by atoms with Crippen LogP contribution in [0.4, 0.5) is 0 Å². The Morgan fingerprint density at radius 2 is 1.88 bits per heavy atom. The van der Waals surface area contributed by atoms with E-state index >= 15 is 0 Å². The van der Waals surface area contributed by atoms with Crippen LogP contribution in [-0.4, -0.2) is 10.5 Å². The molecule has 0 spiro atoms. The molecule has 2 aromatic rings. The van der Waals surface area contributed by atoms with Crippen LogP contribution in [0.15, 0.2) is 24.4 Å².